The average molecular weight is 425 g/mol. The first kappa shape index (κ1) is 21.8. The molecule has 9 heteroatoms. The Morgan fingerprint density at radius 2 is 1.71 bits per heavy atom. The lowest BCUT2D eigenvalue weighted by molar-refractivity contribution is -0.147. The van der Waals surface area contributed by atoms with Crippen LogP contribution in [0.15, 0.2) is 53.6 Å². The predicted molar refractivity (Wildman–Crippen MR) is 113 cm³/mol. The third kappa shape index (κ3) is 5.19. The highest BCUT2D eigenvalue weighted by Gasteiger charge is 2.20. The molecule has 0 unspecified atom stereocenters. The number of nitrogens with zero attached hydrogens (tertiary/aromatic N) is 3. The van der Waals surface area contributed by atoms with Gasteiger partial charge < -0.3 is 19.1 Å². The van der Waals surface area contributed by atoms with E-state index < -0.39 is 11.9 Å². The summed E-state index contributed by atoms with van der Waals surface area (Å²) in [5.74, 6) is 0.0862. The summed E-state index contributed by atoms with van der Waals surface area (Å²) < 4.78 is 16.5. The highest BCUT2D eigenvalue weighted by molar-refractivity contribution is 5.82. The summed E-state index contributed by atoms with van der Waals surface area (Å²) >= 11 is 0. The lowest BCUT2D eigenvalue weighted by atomic mass is 10.2. The molecular formula is C22H23N3O6. The molecular weight excluding hydrogens is 402 g/mol. The molecule has 0 radical (unpaired) electrons. The van der Waals surface area contributed by atoms with Crippen molar-refractivity contribution in [2.75, 3.05) is 27.9 Å². The maximum Gasteiger partial charge on any atom is 0.325 e. The Hall–Kier alpha value is -3.88. The van der Waals surface area contributed by atoms with Crippen molar-refractivity contribution in [1.82, 2.24) is 14.5 Å². The van der Waals surface area contributed by atoms with Gasteiger partial charge in [0.1, 0.15) is 24.6 Å². The number of hydrogen-bond acceptors (Lipinski definition) is 7. The van der Waals surface area contributed by atoms with Gasteiger partial charge in [-0.1, -0.05) is 12.1 Å². The minimum atomic E-state index is -0.577. The van der Waals surface area contributed by atoms with Crippen molar-refractivity contribution in [2.24, 2.45) is 0 Å². The van der Waals surface area contributed by atoms with Crippen molar-refractivity contribution in [1.29, 1.82) is 0 Å². The first-order chi connectivity index (χ1) is 14.9. The lowest BCUT2D eigenvalue weighted by Crippen LogP contribution is -2.39. The number of hydrogen-bond donors (Lipinski definition) is 0. The summed E-state index contributed by atoms with van der Waals surface area (Å²) in [4.78, 5) is 43.2. The third-order valence-corrected chi connectivity index (χ3v) is 4.72. The van der Waals surface area contributed by atoms with Gasteiger partial charge in [-0.3, -0.25) is 19.0 Å². The van der Waals surface area contributed by atoms with Crippen LogP contribution in [0.25, 0.3) is 10.9 Å². The molecule has 0 N–H and O–H groups in total. The number of methoxy groups -OCH3 is 3. The molecule has 0 saturated carbocycles. The molecule has 0 aliphatic rings. The Bertz CT molecular complexity index is 1140. The van der Waals surface area contributed by atoms with E-state index in [9.17, 15) is 14.4 Å². The SMILES string of the molecule is COC(=O)CN(Cc1cc(OC)cc(OC)c1)C(=O)Cn1cnc2ccccc2c1=O. The zero-order valence-corrected chi connectivity index (χ0v) is 17.5. The smallest absolute Gasteiger partial charge is 0.325 e. The van der Waals surface area contributed by atoms with Crippen LogP contribution < -0.4 is 15.0 Å². The second-order valence-electron chi connectivity index (χ2n) is 6.74. The summed E-state index contributed by atoms with van der Waals surface area (Å²) in [6, 6.07) is 12.1. The minimum absolute atomic E-state index is 0.0945. The Morgan fingerprint density at radius 3 is 2.35 bits per heavy atom. The van der Waals surface area contributed by atoms with Crippen LogP contribution in [0.1, 0.15) is 5.56 Å². The van der Waals surface area contributed by atoms with Crippen LogP contribution in [0.3, 0.4) is 0 Å². The van der Waals surface area contributed by atoms with E-state index in [4.69, 9.17) is 14.2 Å². The highest BCUT2D eigenvalue weighted by atomic mass is 16.5. The Labute approximate surface area is 178 Å². The zero-order valence-electron chi connectivity index (χ0n) is 17.5. The molecule has 0 spiro atoms. The van der Waals surface area contributed by atoms with Gasteiger partial charge in [-0.15, -0.1) is 0 Å². The second-order valence-corrected chi connectivity index (χ2v) is 6.74. The number of aromatic nitrogens is 2. The number of carbonyl (C=O) groups excluding carboxylic acids is 2. The molecule has 0 bridgehead atoms. The van der Waals surface area contributed by atoms with Crippen molar-refractivity contribution in [2.45, 2.75) is 13.1 Å². The number of para-hydroxylation sites is 1. The van der Waals surface area contributed by atoms with Crippen molar-refractivity contribution in [3.8, 4) is 11.5 Å². The van der Waals surface area contributed by atoms with E-state index >= 15 is 0 Å². The van der Waals surface area contributed by atoms with Crippen LogP contribution in [0.2, 0.25) is 0 Å². The zero-order chi connectivity index (χ0) is 22.4. The van der Waals surface area contributed by atoms with Crippen LogP contribution in [-0.2, 0) is 27.4 Å². The second kappa shape index (κ2) is 9.75. The number of amides is 1. The van der Waals surface area contributed by atoms with Crippen LogP contribution in [0.5, 0.6) is 11.5 Å². The molecule has 1 aromatic heterocycles. The monoisotopic (exact) mass is 425 g/mol. The van der Waals surface area contributed by atoms with E-state index in [0.717, 1.165) is 0 Å². The molecule has 0 aliphatic heterocycles. The van der Waals surface area contributed by atoms with Crippen molar-refractivity contribution in [3.05, 3.63) is 64.7 Å². The van der Waals surface area contributed by atoms with Gasteiger partial charge in [-0.05, 0) is 29.8 Å². The van der Waals surface area contributed by atoms with Crippen LogP contribution in [-0.4, -0.2) is 54.2 Å². The summed E-state index contributed by atoms with van der Waals surface area (Å²) in [5, 5.41) is 0.412. The lowest BCUT2D eigenvalue weighted by Gasteiger charge is -2.22. The first-order valence-corrected chi connectivity index (χ1v) is 9.46. The van der Waals surface area contributed by atoms with Crippen molar-refractivity contribution >= 4 is 22.8 Å². The van der Waals surface area contributed by atoms with Crippen LogP contribution in [0.4, 0.5) is 0 Å². The molecule has 0 atom stereocenters. The molecule has 0 saturated heterocycles. The highest BCUT2D eigenvalue weighted by Crippen LogP contribution is 2.23. The van der Waals surface area contributed by atoms with Crippen LogP contribution in [0, 0.1) is 0 Å². The van der Waals surface area contributed by atoms with E-state index in [1.807, 2.05) is 0 Å². The van der Waals surface area contributed by atoms with E-state index in [1.54, 1.807) is 42.5 Å². The third-order valence-electron chi connectivity index (χ3n) is 4.72. The largest absolute Gasteiger partial charge is 0.497 e. The van der Waals surface area contributed by atoms with E-state index in [1.165, 1.54) is 37.1 Å². The van der Waals surface area contributed by atoms with Gasteiger partial charge >= 0.3 is 5.97 Å². The number of ether oxygens (including phenoxy) is 3. The van der Waals surface area contributed by atoms with Gasteiger partial charge in [0, 0.05) is 12.6 Å². The maximum absolute atomic E-state index is 13.0. The Balaban J connectivity index is 1.88. The summed E-state index contributed by atoms with van der Waals surface area (Å²) in [7, 11) is 4.29. The topological polar surface area (TPSA) is 100.0 Å². The van der Waals surface area contributed by atoms with Gasteiger partial charge in [0.15, 0.2) is 0 Å². The van der Waals surface area contributed by atoms with Gasteiger partial charge in [0.05, 0.1) is 38.6 Å². The molecule has 31 heavy (non-hydrogen) atoms. The number of rotatable bonds is 8. The molecule has 3 aromatic rings. The first-order valence-electron chi connectivity index (χ1n) is 9.46. The fraction of sp³-hybridized carbons (Fsp3) is 0.273. The van der Waals surface area contributed by atoms with E-state index in [2.05, 4.69) is 4.98 Å². The van der Waals surface area contributed by atoms with Gasteiger partial charge in [-0.2, -0.15) is 0 Å². The molecule has 9 nitrogen and oxygen atoms in total. The minimum Gasteiger partial charge on any atom is -0.497 e. The molecule has 162 valence electrons. The normalized spacial score (nSPS) is 10.5. The summed E-state index contributed by atoms with van der Waals surface area (Å²) in [5.41, 5.74) is 0.906. The van der Waals surface area contributed by atoms with Gasteiger partial charge in [-0.25, -0.2) is 4.98 Å². The number of carbonyl (C=O) groups is 2. The number of fused-ring (bicyclic) bond motifs is 1. The van der Waals surface area contributed by atoms with Gasteiger partial charge in [0.25, 0.3) is 5.56 Å². The number of esters is 1. The molecule has 0 fully saturated rings. The van der Waals surface area contributed by atoms with Gasteiger partial charge in [0.2, 0.25) is 5.91 Å². The summed E-state index contributed by atoms with van der Waals surface area (Å²) in [6.07, 6.45) is 1.33. The maximum atomic E-state index is 13.0. The molecule has 2 aromatic carbocycles. The molecule has 3 rings (SSSR count). The predicted octanol–water partition coefficient (Wildman–Crippen LogP) is 1.62. The molecule has 1 heterocycles. The Kier molecular flexibility index (Phi) is 6.86. The average Bonchev–Trinajstić information content (AvgIpc) is 2.80. The fourth-order valence-electron chi connectivity index (χ4n) is 3.10. The van der Waals surface area contributed by atoms with E-state index in [0.29, 0.717) is 28.0 Å². The van der Waals surface area contributed by atoms with Crippen molar-refractivity contribution < 1.29 is 23.8 Å². The quantitative estimate of drug-likeness (QED) is 0.506. The van der Waals surface area contributed by atoms with Crippen LogP contribution >= 0.6 is 0 Å². The molecule has 0 aliphatic carbocycles. The summed E-state index contributed by atoms with van der Waals surface area (Å²) in [6.45, 7) is -0.448. The Morgan fingerprint density at radius 1 is 1.03 bits per heavy atom. The van der Waals surface area contributed by atoms with Crippen molar-refractivity contribution in [3.63, 3.8) is 0 Å². The molecule has 1 amide bonds. The van der Waals surface area contributed by atoms with E-state index in [-0.39, 0.29) is 25.2 Å². The number of benzene rings is 2. The fourth-order valence-corrected chi connectivity index (χ4v) is 3.10. The standard InChI is InChI=1S/C22H23N3O6/c1-29-16-8-15(9-17(10-16)30-2)11-24(13-21(27)31-3)20(26)12-25-14-23-19-7-5-4-6-18(19)22(25)28/h4-10,14H,11-13H2,1-3H3.